The van der Waals surface area contributed by atoms with Crippen molar-refractivity contribution in [3.63, 3.8) is 0 Å². The fourth-order valence-electron chi connectivity index (χ4n) is 3.03. The number of anilines is 1. The standard InChI is InChI=1S/C17H21BrN2O/c18-16-6-7-17(15-5-2-1-4-14(15)16)20-11-9-19(10-12-20)8-3-13-21/h1-2,4-7,21H,3,8-13H2. The predicted molar refractivity (Wildman–Crippen MR) is 92.0 cm³/mol. The molecule has 0 atom stereocenters. The van der Waals surface area contributed by atoms with E-state index in [2.05, 4.69) is 62.1 Å². The highest BCUT2D eigenvalue weighted by atomic mass is 79.9. The van der Waals surface area contributed by atoms with Crippen LogP contribution in [0.3, 0.4) is 0 Å². The second kappa shape index (κ2) is 6.77. The van der Waals surface area contributed by atoms with Gasteiger partial charge in [-0.2, -0.15) is 0 Å². The Kier molecular flexibility index (Phi) is 4.78. The Balaban J connectivity index is 1.78. The average molecular weight is 349 g/mol. The minimum Gasteiger partial charge on any atom is -0.396 e. The first-order valence-corrected chi connectivity index (χ1v) is 8.34. The molecule has 1 N–H and O–H groups in total. The number of aliphatic hydroxyl groups is 1. The van der Waals surface area contributed by atoms with Gasteiger partial charge in [-0.3, -0.25) is 4.90 Å². The zero-order valence-corrected chi connectivity index (χ0v) is 13.7. The summed E-state index contributed by atoms with van der Waals surface area (Å²) in [5.74, 6) is 0. The number of nitrogens with zero attached hydrogens (tertiary/aromatic N) is 2. The van der Waals surface area contributed by atoms with Gasteiger partial charge in [-0.25, -0.2) is 0 Å². The summed E-state index contributed by atoms with van der Waals surface area (Å²) in [4.78, 5) is 4.91. The summed E-state index contributed by atoms with van der Waals surface area (Å²) in [6, 6.07) is 12.9. The molecule has 1 saturated heterocycles. The molecule has 0 unspecified atom stereocenters. The first-order valence-electron chi connectivity index (χ1n) is 7.55. The first-order chi connectivity index (χ1) is 10.3. The van der Waals surface area contributed by atoms with Gasteiger partial charge in [-0.1, -0.05) is 40.2 Å². The Morgan fingerprint density at radius 2 is 1.67 bits per heavy atom. The molecule has 1 fully saturated rings. The molecular weight excluding hydrogens is 328 g/mol. The second-order valence-electron chi connectivity index (χ2n) is 5.52. The zero-order chi connectivity index (χ0) is 14.7. The van der Waals surface area contributed by atoms with E-state index in [1.54, 1.807) is 0 Å². The largest absolute Gasteiger partial charge is 0.396 e. The van der Waals surface area contributed by atoms with Crippen LogP contribution in [-0.2, 0) is 0 Å². The lowest BCUT2D eigenvalue weighted by Crippen LogP contribution is -2.46. The summed E-state index contributed by atoms with van der Waals surface area (Å²) in [7, 11) is 0. The maximum atomic E-state index is 8.93. The van der Waals surface area contributed by atoms with E-state index in [9.17, 15) is 0 Å². The van der Waals surface area contributed by atoms with Gasteiger partial charge in [0, 0.05) is 54.9 Å². The lowest BCUT2D eigenvalue weighted by atomic mass is 10.1. The Morgan fingerprint density at radius 3 is 2.38 bits per heavy atom. The van der Waals surface area contributed by atoms with E-state index in [1.807, 2.05) is 0 Å². The number of rotatable bonds is 4. The van der Waals surface area contributed by atoms with Gasteiger partial charge >= 0.3 is 0 Å². The molecule has 0 bridgehead atoms. The van der Waals surface area contributed by atoms with Gasteiger partial charge in [0.25, 0.3) is 0 Å². The molecule has 1 heterocycles. The van der Waals surface area contributed by atoms with E-state index in [0.29, 0.717) is 0 Å². The molecule has 112 valence electrons. The van der Waals surface area contributed by atoms with Gasteiger partial charge < -0.3 is 10.0 Å². The summed E-state index contributed by atoms with van der Waals surface area (Å²) in [6.45, 7) is 5.55. The molecule has 1 aliphatic heterocycles. The molecule has 0 aliphatic carbocycles. The number of hydrogen-bond donors (Lipinski definition) is 1. The second-order valence-corrected chi connectivity index (χ2v) is 6.37. The van der Waals surface area contributed by atoms with Crippen molar-refractivity contribution in [3.05, 3.63) is 40.9 Å². The van der Waals surface area contributed by atoms with Crippen LogP contribution in [0.5, 0.6) is 0 Å². The van der Waals surface area contributed by atoms with Crippen LogP contribution in [0.1, 0.15) is 6.42 Å². The van der Waals surface area contributed by atoms with E-state index in [0.717, 1.165) is 43.6 Å². The maximum absolute atomic E-state index is 8.93. The first kappa shape index (κ1) is 14.8. The zero-order valence-electron chi connectivity index (χ0n) is 12.1. The van der Waals surface area contributed by atoms with Gasteiger partial charge in [-0.05, 0) is 23.9 Å². The van der Waals surface area contributed by atoms with Crippen molar-refractivity contribution in [1.82, 2.24) is 4.90 Å². The van der Waals surface area contributed by atoms with Crippen LogP contribution >= 0.6 is 15.9 Å². The molecule has 0 amide bonds. The molecule has 3 nitrogen and oxygen atoms in total. The summed E-state index contributed by atoms with van der Waals surface area (Å²) in [5.41, 5.74) is 1.33. The van der Waals surface area contributed by atoms with Crippen molar-refractivity contribution in [3.8, 4) is 0 Å². The fourth-order valence-corrected chi connectivity index (χ4v) is 3.51. The minimum absolute atomic E-state index is 0.289. The quantitative estimate of drug-likeness (QED) is 0.919. The third kappa shape index (κ3) is 3.23. The smallest absolute Gasteiger partial charge is 0.0447 e. The monoisotopic (exact) mass is 348 g/mol. The van der Waals surface area contributed by atoms with Gasteiger partial charge in [0.2, 0.25) is 0 Å². The Labute approximate surface area is 134 Å². The van der Waals surface area contributed by atoms with Gasteiger partial charge in [0.05, 0.1) is 0 Å². The number of halogens is 1. The van der Waals surface area contributed by atoms with E-state index < -0.39 is 0 Å². The topological polar surface area (TPSA) is 26.7 Å². The fraction of sp³-hybridized carbons (Fsp3) is 0.412. The third-order valence-electron chi connectivity index (χ3n) is 4.19. The van der Waals surface area contributed by atoms with E-state index >= 15 is 0 Å². The van der Waals surface area contributed by atoms with Crippen molar-refractivity contribution in [2.75, 3.05) is 44.2 Å². The summed E-state index contributed by atoms with van der Waals surface area (Å²) >= 11 is 3.64. The Bertz CT molecular complexity index is 609. The van der Waals surface area contributed by atoms with Crippen molar-refractivity contribution >= 4 is 32.4 Å². The number of fused-ring (bicyclic) bond motifs is 1. The molecule has 0 saturated carbocycles. The number of hydrogen-bond acceptors (Lipinski definition) is 3. The van der Waals surface area contributed by atoms with Crippen LogP contribution in [0.25, 0.3) is 10.8 Å². The minimum atomic E-state index is 0.289. The molecular formula is C17H21BrN2O. The third-order valence-corrected chi connectivity index (χ3v) is 4.88. The molecule has 2 aromatic carbocycles. The molecule has 0 aromatic heterocycles. The summed E-state index contributed by atoms with van der Waals surface area (Å²) in [5, 5.41) is 11.5. The van der Waals surface area contributed by atoms with Crippen molar-refractivity contribution < 1.29 is 5.11 Å². The Hall–Kier alpha value is -1.10. The number of benzene rings is 2. The van der Waals surface area contributed by atoms with Crippen molar-refractivity contribution in [2.24, 2.45) is 0 Å². The number of aliphatic hydroxyl groups excluding tert-OH is 1. The van der Waals surface area contributed by atoms with Gasteiger partial charge in [0.15, 0.2) is 0 Å². The van der Waals surface area contributed by atoms with Crippen LogP contribution in [0.4, 0.5) is 5.69 Å². The molecule has 1 aliphatic rings. The average Bonchev–Trinajstić information content (AvgIpc) is 2.54. The van der Waals surface area contributed by atoms with Crippen LogP contribution in [0.15, 0.2) is 40.9 Å². The molecule has 3 rings (SSSR count). The lowest BCUT2D eigenvalue weighted by Gasteiger charge is -2.36. The van der Waals surface area contributed by atoms with Crippen LogP contribution in [0.2, 0.25) is 0 Å². The van der Waals surface area contributed by atoms with E-state index in [1.165, 1.54) is 16.5 Å². The molecule has 2 aromatic rings. The highest BCUT2D eigenvalue weighted by Gasteiger charge is 2.18. The van der Waals surface area contributed by atoms with E-state index in [-0.39, 0.29) is 6.61 Å². The molecule has 0 spiro atoms. The summed E-state index contributed by atoms with van der Waals surface area (Å²) in [6.07, 6.45) is 0.876. The Morgan fingerprint density at radius 1 is 0.952 bits per heavy atom. The van der Waals surface area contributed by atoms with Crippen LogP contribution in [0, 0.1) is 0 Å². The van der Waals surface area contributed by atoms with E-state index in [4.69, 9.17) is 5.11 Å². The van der Waals surface area contributed by atoms with Gasteiger partial charge in [0.1, 0.15) is 0 Å². The van der Waals surface area contributed by atoms with Gasteiger partial charge in [-0.15, -0.1) is 0 Å². The van der Waals surface area contributed by atoms with Crippen LogP contribution in [-0.4, -0.2) is 49.3 Å². The SMILES string of the molecule is OCCCN1CCN(c2ccc(Br)c3ccccc23)CC1. The lowest BCUT2D eigenvalue weighted by molar-refractivity contribution is 0.216. The molecule has 21 heavy (non-hydrogen) atoms. The molecule has 0 radical (unpaired) electrons. The highest BCUT2D eigenvalue weighted by molar-refractivity contribution is 9.10. The maximum Gasteiger partial charge on any atom is 0.0447 e. The predicted octanol–water partition coefficient (Wildman–Crippen LogP) is 3.11. The molecule has 4 heteroatoms. The van der Waals surface area contributed by atoms with Crippen molar-refractivity contribution in [1.29, 1.82) is 0 Å². The normalized spacial score (nSPS) is 16.6. The van der Waals surface area contributed by atoms with Crippen LogP contribution < -0.4 is 4.90 Å². The van der Waals surface area contributed by atoms with Crippen molar-refractivity contribution in [2.45, 2.75) is 6.42 Å². The number of piperazine rings is 1. The highest BCUT2D eigenvalue weighted by Crippen LogP contribution is 2.32. The summed E-state index contributed by atoms with van der Waals surface area (Å²) < 4.78 is 1.16.